The maximum atomic E-state index is 4.93. The lowest BCUT2D eigenvalue weighted by Crippen LogP contribution is -2.01. The highest BCUT2D eigenvalue weighted by molar-refractivity contribution is 5.92. The lowest BCUT2D eigenvalue weighted by molar-refractivity contribution is 1.09. The van der Waals surface area contributed by atoms with Crippen LogP contribution in [0.5, 0.6) is 0 Å². The molecule has 0 unspecified atom stereocenters. The lowest BCUT2D eigenvalue weighted by Gasteiger charge is -2.18. The van der Waals surface area contributed by atoms with Gasteiger partial charge in [0.05, 0.1) is 5.52 Å². The highest BCUT2D eigenvalue weighted by Gasteiger charge is 2.15. The largest absolute Gasteiger partial charge is 0.252 e. The minimum atomic E-state index is 0.758. The quantitative estimate of drug-likeness (QED) is 0.184. The molecule has 1 heteroatoms. The van der Waals surface area contributed by atoms with Crippen LogP contribution >= 0.6 is 0 Å². The molecule has 1 heterocycles. The zero-order valence-corrected chi connectivity index (χ0v) is 19.2. The smallest absolute Gasteiger partial charge is 0.0705 e. The number of hydrogen-bond acceptors (Lipinski definition) is 1. The Morgan fingerprint density at radius 3 is 2.24 bits per heavy atom. The van der Waals surface area contributed by atoms with Gasteiger partial charge in [-0.15, -0.1) is 6.58 Å². The standard InChI is InChI=1S/C33H27N/c1-3-11-24(4-2)33(29-19-18-25-12-5-6-14-27(25)22-29)31-16-9-7-15-28(31)23-30-21-20-26-13-8-10-17-32(26)34-30/h3-10,12-22H,1-2,11,23H2/b33-24-. The van der Waals surface area contributed by atoms with Gasteiger partial charge in [-0.05, 0) is 63.2 Å². The number of rotatable bonds is 7. The molecule has 0 radical (unpaired) electrons. The highest BCUT2D eigenvalue weighted by atomic mass is 14.7. The van der Waals surface area contributed by atoms with Crippen molar-refractivity contribution in [2.24, 2.45) is 0 Å². The van der Waals surface area contributed by atoms with Crippen LogP contribution in [0.15, 0.2) is 134 Å². The third-order valence-electron chi connectivity index (χ3n) is 6.28. The SMILES string of the molecule is C=CC/C(C=C)=C(/c1ccc2ccccc2c1)c1ccccc1Cc1ccc2ccccc2n1. The van der Waals surface area contributed by atoms with Crippen LogP contribution in [0.1, 0.15) is 28.8 Å². The minimum Gasteiger partial charge on any atom is -0.252 e. The number of para-hydroxylation sites is 1. The summed E-state index contributed by atoms with van der Waals surface area (Å²) in [5, 5.41) is 3.63. The Hall–Kier alpha value is -4.23. The second kappa shape index (κ2) is 9.72. The monoisotopic (exact) mass is 437 g/mol. The molecule has 0 amide bonds. The van der Waals surface area contributed by atoms with Crippen LogP contribution in [0.4, 0.5) is 0 Å². The van der Waals surface area contributed by atoms with E-state index in [1.165, 1.54) is 38.6 Å². The van der Waals surface area contributed by atoms with Gasteiger partial charge in [0, 0.05) is 17.5 Å². The topological polar surface area (TPSA) is 12.9 Å². The fourth-order valence-electron chi connectivity index (χ4n) is 4.62. The van der Waals surface area contributed by atoms with Crippen molar-refractivity contribution in [3.05, 3.63) is 156 Å². The molecule has 164 valence electrons. The molecule has 0 spiro atoms. The molecule has 0 N–H and O–H groups in total. The molecule has 0 aliphatic carbocycles. The maximum Gasteiger partial charge on any atom is 0.0705 e. The zero-order valence-electron chi connectivity index (χ0n) is 19.2. The van der Waals surface area contributed by atoms with E-state index in [1.54, 1.807) is 0 Å². The molecule has 5 aromatic rings. The molecule has 0 atom stereocenters. The molecule has 0 aliphatic heterocycles. The van der Waals surface area contributed by atoms with Gasteiger partial charge < -0.3 is 0 Å². The summed E-state index contributed by atoms with van der Waals surface area (Å²) in [7, 11) is 0. The predicted molar refractivity (Wildman–Crippen MR) is 146 cm³/mol. The molecule has 1 nitrogen and oxygen atoms in total. The number of fused-ring (bicyclic) bond motifs is 2. The van der Waals surface area contributed by atoms with E-state index in [0.29, 0.717) is 0 Å². The molecular weight excluding hydrogens is 410 g/mol. The molecule has 0 fully saturated rings. The van der Waals surface area contributed by atoms with Crippen molar-refractivity contribution >= 4 is 27.2 Å². The Morgan fingerprint density at radius 1 is 0.706 bits per heavy atom. The molecule has 0 saturated heterocycles. The van der Waals surface area contributed by atoms with E-state index in [9.17, 15) is 0 Å². The summed E-state index contributed by atoms with van der Waals surface area (Å²) in [4.78, 5) is 4.93. The van der Waals surface area contributed by atoms with Crippen molar-refractivity contribution in [2.45, 2.75) is 12.8 Å². The number of pyridine rings is 1. The minimum absolute atomic E-state index is 0.758. The molecule has 5 rings (SSSR count). The number of benzene rings is 4. The third kappa shape index (κ3) is 4.33. The van der Waals surface area contributed by atoms with E-state index in [1.807, 2.05) is 18.2 Å². The van der Waals surface area contributed by atoms with E-state index in [4.69, 9.17) is 4.98 Å². The second-order valence-corrected chi connectivity index (χ2v) is 8.49. The molecule has 34 heavy (non-hydrogen) atoms. The lowest BCUT2D eigenvalue weighted by atomic mass is 9.86. The van der Waals surface area contributed by atoms with Gasteiger partial charge >= 0.3 is 0 Å². The van der Waals surface area contributed by atoms with Gasteiger partial charge in [0.25, 0.3) is 0 Å². The van der Waals surface area contributed by atoms with Crippen LogP contribution < -0.4 is 0 Å². The van der Waals surface area contributed by atoms with Gasteiger partial charge in [-0.3, -0.25) is 4.98 Å². The van der Waals surface area contributed by atoms with Crippen molar-refractivity contribution in [2.75, 3.05) is 0 Å². The van der Waals surface area contributed by atoms with Crippen LogP contribution in [-0.4, -0.2) is 4.98 Å². The van der Waals surface area contributed by atoms with E-state index < -0.39 is 0 Å². The molecule has 0 bridgehead atoms. The summed E-state index contributed by atoms with van der Waals surface area (Å²) in [5.41, 5.74) is 8.12. The first-order valence-electron chi connectivity index (χ1n) is 11.7. The first-order chi connectivity index (χ1) is 16.8. The van der Waals surface area contributed by atoms with E-state index in [0.717, 1.165) is 29.4 Å². The Bertz CT molecular complexity index is 1540. The normalized spacial score (nSPS) is 11.9. The average Bonchev–Trinajstić information content (AvgIpc) is 2.89. The van der Waals surface area contributed by atoms with Crippen molar-refractivity contribution in [1.82, 2.24) is 4.98 Å². The van der Waals surface area contributed by atoms with Crippen molar-refractivity contribution in [3.63, 3.8) is 0 Å². The summed E-state index contributed by atoms with van der Waals surface area (Å²) in [6.45, 7) is 8.14. The Balaban J connectivity index is 1.66. The van der Waals surface area contributed by atoms with Crippen LogP contribution in [-0.2, 0) is 6.42 Å². The molecule has 0 aliphatic rings. The predicted octanol–water partition coefficient (Wildman–Crippen LogP) is 8.54. The fourth-order valence-corrected chi connectivity index (χ4v) is 4.62. The third-order valence-corrected chi connectivity index (χ3v) is 6.28. The first kappa shape index (κ1) is 21.6. The van der Waals surface area contributed by atoms with Crippen LogP contribution in [0, 0.1) is 0 Å². The average molecular weight is 438 g/mol. The Morgan fingerprint density at radius 2 is 1.41 bits per heavy atom. The van der Waals surface area contributed by atoms with Gasteiger partial charge in [0.15, 0.2) is 0 Å². The van der Waals surface area contributed by atoms with Crippen LogP contribution in [0.3, 0.4) is 0 Å². The van der Waals surface area contributed by atoms with Crippen molar-refractivity contribution < 1.29 is 0 Å². The molecule has 4 aromatic carbocycles. The van der Waals surface area contributed by atoms with Crippen molar-refractivity contribution in [1.29, 1.82) is 0 Å². The van der Waals surface area contributed by atoms with Crippen LogP contribution in [0.25, 0.3) is 27.2 Å². The number of allylic oxidation sites excluding steroid dienone is 3. The van der Waals surface area contributed by atoms with Crippen LogP contribution in [0.2, 0.25) is 0 Å². The van der Waals surface area contributed by atoms with E-state index >= 15 is 0 Å². The summed E-state index contributed by atoms with van der Waals surface area (Å²) in [6, 6.07) is 36.4. The van der Waals surface area contributed by atoms with Gasteiger partial charge in [0.2, 0.25) is 0 Å². The number of hydrogen-bond donors (Lipinski definition) is 0. The first-order valence-corrected chi connectivity index (χ1v) is 11.7. The number of nitrogens with zero attached hydrogens (tertiary/aromatic N) is 1. The van der Waals surface area contributed by atoms with Crippen molar-refractivity contribution in [3.8, 4) is 0 Å². The molecular formula is C33H27N. The van der Waals surface area contributed by atoms with Gasteiger partial charge in [-0.2, -0.15) is 0 Å². The van der Waals surface area contributed by atoms with Gasteiger partial charge in [0.1, 0.15) is 0 Å². The summed E-state index contributed by atoms with van der Waals surface area (Å²) in [5.74, 6) is 0. The zero-order chi connectivity index (χ0) is 23.3. The second-order valence-electron chi connectivity index (χ2n) is 8.49. The van der Waals surface area contributed by atoms with E-state index in [2.05, 4.69) is 110 Å². The molecule has 0 saturated carbocycles. The van der Waals surface area contributed by atoms with Gasteiger partial charge in [-0.25, -0.2) is 0 Å². The summed E-state index contributed by atoms with van der Waals surface area (Å²) in [6.07, 6.45) is 5.44. The Labute approximate surface area is 201 Å². The highest BCUT2D eigenvalue weighted by Crippen LogP contribution is 2.34. The van der Waals surface area contributed by atoms with E-state index in [-0.39, 0.29) is 0 Å². The fraction of sp³-hybridized carbons (Fsp3) is 0.0606. The number of aromatic nitrogens is 1. The Kier molecular flexibility index (Phi) is 6.18. The molecule has 1 aromatic heterocycles. The maximum absolute atomic E-state index is 4.93. The summed E-state index contributed by atoms with van der Waals surface area (Å²) >= 11 is 0. The van der Waals surface area contributed by atoms with Gasteiger partial charge in [-0.1, -0.05) is 104 Å². The summed E-state index contributed by atoms with van der Waals surface area (Å²) < 4.78 is 0.